The van der Waals surface area contributed by atoms with Gasteiger partial charge in [0.15, 0.2) is 0 Å². The van der Waals surface area contributed by atoms with Gasteiger partial charge in [0.25, 0.3) is 5.91 Å². The van der Waals surface area contributed by atoms with Crippen LogP contribution in [0, 0.1) is 0 Å². The van der Waals surface area contributed by atoms with Crippen LogP contribution in [0.4, 0.5) is 8.78 Å². The molecule has 1 N–H and O–H groups in total. The first-order valence-electron chi connectivity index (χ1n) is 9.33. The molecule has 0 bridgehead atoms. The normalized spacial score (nSPS) is 14.2. The van der Waals surface area contributed by atoms with Crippen molar-refractivity contribution in [1.29, 1.82) is 0 Å². The summed E-state index contributed by atoms with van der Waals surface area (Å²) in [6, 6.07) is 12.8. The molecule has 0 spiro atoms. The number of phenols is 1. The van der Waals surface area contributed by atoms with Crippen LogP contribution in [-0.4, -0.2) is 59.5 Å². The molecule has 0 radical (unpaired) electrons. The lowest BCUT2D eigenvalue weighted by atomic mass is 10.1. The Bertz CT molecular complexity index is 867. The average Bonchev–Trinajstić information content (AvgIpc) is 2.72. The number of halogens is 2. The molecular formula is C21H22F2N2O4. The van der Waals surface area contributed by atoms with Crippen molar-refractivity contribution in [3.63, 3.8) is 0 Å². The largest absolute Gasteiger partial charge is 0.508 e. The highest BCUT2D eigenvalue weighted by Crippen LogP contribution is 2.23. The summed E-state index contributed by atoms with van der Waals surface area (Å²) in [6.45, 7) is -1.66. The summed E-state index contributed by atoms with van der Waals surface area (Å²) in [7, 11) is 0. The van der Waals surface area contributed by atoms with Crippen molar-refractivity contribution < 1.29 is 28.2 Å². The molecule has 1 aliphatic rings. The number of piperazine rings is 1. The van der Waals surface area contributed by atoms with E-state index in [-0.39, 0.29) is 29.4 Å². The Morgan fingerprint density at radius 2 is 1.59 bits per heavy atom. The van der Waals surface area contributed by atoms with E-state index < -0.39 is 12.5 Å². The second-order valence-corrected chi connectivity index (χ2v) is 6.68. The molecule has 0 atom stereocenters. The maximum absolute atomic E-state index is 12.7. The maximum Gasteiger partial charge on any atom is 0.387 e. The number of rotatable bonds is 6. The molecule has 0 unspecified atom stereocenters. The van der Waals surface area contributed by atoms with Crippen molar-refractivity contribution >= 4 is 11.8 Å². The molecule has 3 rings (SSSR count). The summed E-state index contributed by atoms with van der Waals surface area (Å²) in [4.78, 5) is 28.3. The molecule has 1 aliphatic heterocycles. The van der Waals surface area contributed by atoms with Crippen LogP contribution >= 0.6 is 0 Å². The Morgan fingerprint density at radius 1 is 0.966 bits per heavy atom. The van der Waals surface area contributed by atoms with Crippen molar-refractivity contribution in [3.8, 4) is 11.5 Å². The van der Waals surface area contributed by atoms with Gasteiger partial charge in [-0.3, -0.25) is 9.59 Å². The second kappa shape index (κ2) is 9.36. The van der Waals surface area contributed by atoms with Crippen LogP contribution in [0.25, 0.3) is 0 Å². The molecule has 2 aromatic carbocycles. The van der Waals surface area contributed by atoms with E-state index in [1.54, 1.807) is 35.2 Å². The minimum atomic E-state index is -3.01. The molecule has 8 heteroatoms. The standard InChI is InChI=1S/C21H22F2N2O4/c22-21(23)29-18-8-4-2-6-16(18)20(28)25-13-11-24(12-14-25)19(27)10-9-15-5-1-3-7-17(15)26/h1-8,21,26H,9-14H2. The molecular weight excluding hydrogens is 382 g/mol. The third kappa shape index (κ3) is 5.22. The van der Waals surface area contributed by atoms with E-state index in [2.05, 4.69) is 4.74 Å². The van der Waals surface area contributed by atoms with Crippen LogP contribution in [0.5, 0.6) is 11.5 Å². The smallest absolute Gasteiger partial charge is 0.387 e. The molecule has 0 aliphatic carbocycles. The summed E-state index contributed by atoms with van der Waals surface area (Å²) >= 11 is 0. The molecule has 1 saturated heterocycles. The number of benzene rings is 2. The fourth-order valence-electron chi connectivity index (χ4n) is 3.29. The fraction of sp³-hybridized carbons (Fsp3) is 0.333. The molecule has 6 nitrogen and oxygen atoms in total. The van der Waals surface area contributed by atoms with Gasteiger partial charge in [-0.05, 0) is 30.2 Å². The highest BCUT2D eigenvalue weighted by atomic mass is 19.3. The molecule has 1 heterocycles. The zero-order valence-corrected chi connectivity index (χ0v) is 15.8. The van der Waals surface area contributed by atoms with E-state index in [0.717, 1.165) is 0 Å². The number of phenolic OH excluding ortho intramolecular Hbond substituents is 1. The Labute approximate surface area is 167 Å². The van der Waals surface area contributed by atoms with Crippen LogP contribution in [0.15, 0.2) is 48.5 Å². The number of ether oxygens (including phenoxy) is 1. The lowest BCUT2D eigenvalue weighted by molar-refractivity contribution is -0.132. The Kier molecular flexibility index (Phi) is 6.64. The third-order valence-electron chi connectivity index (χ3n) is 4.85. The average molecular weight is 404 g/mol. The van der Waals surface area contributed by atoms with Gasteiger partial charge in [0.1, 0.15) is 11.5 Å². The highest BCUT2D eigenvalue weighted by molar-refractivity contribution is 5.97. The maximum atomic E-state index is 12.7. The van der Waals surface area contributed by atoms with Gasteiger partial charge < -0.3 is 19.6 Å². The second-order valence-electron chi connectivity index (χ2n) is 6.68. The molecule has 154 valence electrons. The summed E-state index contributed by atoms with van der Waals surface area (Å²) in [6.07, 6.45) is 0.694. The molecule has 2 aromatic rings. The van der Waals surface area contributed by atoms with Crippen molar-refractivity contribution in [1.82, 2.24) is 9.80 Å². The van der Waals surface area contributed by atoms with Gasteiger partial charge >= 0.3 is 6.61 Å². The van der Waals surface area contributed by atoms with Crippen LogP contribution < -0.4 is 4.74 Å². The minimum absolute atomic E-state index is 0.0539. The lowest BCUT2D eigenvalue weighted by Gasteiger charge is -2.35. The predicted molar refractivity (Wildman–Crippen MR) is 102 cm³/mol. The molecule has 0 aromatic heterocycles. The van der Waals surface area contributed by atoms with Crippen molar-refractivity contribution in [3.05, 3.63) is 59.7 Å². The van der Waals surface area contributed by atoms with Crippen LogP contribution in [0.1, 0.15) is 22.3 Å². The zero-order chi connectivity index (χ0) is 20.8. The van der Waals surface area contributed by atoms with E-state index >= 15 is 0 Å². The zero-order valence-electron chi connectivity index (χ0n) is 15.8. The van der Waals surface area contributed by atoms with E-state index in [9.17, 15) is 23.5 Å². The van der Waals surface area contributed by atoms with E-state index in [4.69, 9.17) is 0 Å². The molecule has 2 amide bonds. The minimum Gasteiger partial charge on any atom is -0.508 e. The van der Waals surface area contributed by atoms with Crippen LogP contribution in [-0.2, 0) is 11.2 Å². The number of aromatic hydroxyl groups is 1. The van der Waals surface area contributed by atoms with Gasteiger partial charge in [0, 0.05) is 32.6 Å². The fourth-order valence-corrected chi connectivity index (χ4v) is 3.29. The van der Waals surface area contributed by atoms with E-state index in [1.807, 2.05) is 0 Å². The number of hydrogen-bond acceptors (Lipinski definition) is 4. The summed E-state index contributed by atoms with van der Waals surface area (Å²) < 4.78 is 29.6. The topological polar surface area (TPSA) is 70.1 Å². The van der Waals surface area contributed by atoms with Gasteiger partial charge in [-0.15, -0.1) is 0 Å². The van der Waals surface area contributed by atoms with Crippen LogP contribution in [0.3, 0.4) is 0 Å². The van der Waals surface area contributed by atoms with E-state index in [1.165, 1.54) is 23.1 Å². The van der Waals surface area contributed by atoms with Gasteiger partial charge in [0.2, 0.25) is 5.91 Å². The van der Waals surface area contributed by atoms with Crippen LogP contribution in [0.2, 0.25) is 0 Å². The number of hydrogen-bond donors (Lipinski definition) is 1. The number of amides is 2. The number of aryl methyl sites for hydroxylation is 1. The molecule has 1 fully saturated rings. The first-order valence-corrected chi connectivity index (χ1v) is 9.33. The predicted octanol–water partition coefficient (Wildman–Crippen LogP) is 2.91. The van der Waals surface area contributed by atoms with E-state index in [0.29, 0.717) is 38.2 Å². The van der Waals surface area contributed by atoms with Crippen molar-refractivity contribution in [2.75, 3.05) is 26.2 Å². The van der Waals surface area contributed by atoms with Gasteiger partial charge in [-0.25, -0.2) is 0 Å². The summed E-state index contributed by atoms with van der Waals surface area (Å²) in [5.74, 6) is -0.446. The number of para-hydroxylation sites is 2. The number of alkyl halides is 2. The van der Waals surface area contributed by atoms with Crippen molar-refractivity contribution in [2.24, 2.45) is 0 Å². The molecule has 0 saturated carbocycles. The van der Waals surface area contributed by atoms with Crippen molar-refractivity contribution in [2.45, 2.75) is 19.5 Å². The number of carbonyl (C=O) groups excluding carboxylic acids is 2. The SMILES string of the molecule is O=C(CCc1ccccc1O)N1CCN(C(=O)c2ccccc2OC(F)F)CC1. The Morgan fingerprint density at radius 3 is 2.28 bits per heavy atom. The van der Waals surface area contributed by atoms with Gasteiger partial charge in [0.05, 0.1) is 5.56 Å². The first-order chi connectivity index (χ1) is 14.0. The van der Waals surface area contributed by atoms with Gasteiger partial charge in [-0.1, -0.05) is 30.3 Å². The lowest BCUT2D eigenvalue weighted by Crippen LogP contribution is -2.50. The molecule has 29 heavy (non-hydrogen) atoms. The Hall–Kier alpha value is -3.16. The summed E-state index contributed by atoms with van der Waals surface area (Å²) in [5, 5.41) is 9.79. The number of nitrogens with zero attached hydrogens (tertiary/aromatic N) is 2. The summed E-state index contributed by atoms with van der Waals surface area (Å²) in [5.41, 5.74) is 0.789. The van der Waals surface area contributed by atoms with Gasteiger partial charge in [-0.2, -0.15) is 8.78 Å². The first kappa shape index (κ1) is 20.6. The monoisotopic (exact) mass is 404 g/mol. The quantitative estimate of drug-likeness (QED) is 0.804. The number of carbonyl (C=O) groups is 2. The third-order valence-corrected chi connectivity index (χ3v) is 4.85. The Balaban J connectivity index is 1.54. The highest BCUT2D eigenvalue weighted by Gasteiger charge is 2.26.